The van der Waals surface area contributed by atoms with Crippen LogP contribution in [-0.2, 0) is 17.8 Å². The zero-order valence-electron chi connectivity index (χ0n) is 12.7. The fourth-order valence-corrected chi connectivity index (χ4v) is 2.90. The largest absolute Gasteiger partial charge is 0.481 e. The summed E-state index contributed by atoms with van der Waals surface area (Å²) in [6.07, 6.45) is 1.68. The first-order valence-electron chi connectivity index (χ1n) is 7.34. The zero-order chi connectivity index (χ0) is 17.0. The molecule has 1 heterocycles. The number of ketones is 1. The van der Waals surface area contributed by atoms with E-state index in [-0.39, 0.29) is 17.2 Å². The molecule has 23 heavy (non-hydrogen) atoms. The van der Waals surface area contributed by atoms with Crippen molar-refractivity contribution in [2.75, 3.05) is 0 Å². The molecule has 0 atom stereocenters. The Balaban J connectivity index is 2.42. The summed E-state index contributed by atoms with van der Waals surface area (Å²) in [6, 6.07) is 8.05. The third kappa shape index (κ3) is 4.15. The van der Waals surface area contributed by atoms with E-state index in [9.17, 15) is 9.59 Å². The molecular formula is C17H17Cl2NO3. The Bertz CT molecular complexity index is 737. The minimum atomic E-state index is -0.927. The van der Waals surface area contributed by atoms with Gasteiger partial charge in [0.15, 0.2) is 0 Å². The van der Waals surface area contributed by atoms with Crippen molar-refractivity contribution in [1.29, 1.82) is 0 Å². The van der Waals surface area contributed by atoms with Gasteiger partial charge in [0.05, 0.1) is 17.1 Å². The number of hydrogen-bond acceptors (Lipinski definition) is 2. The number of carbonyl (C=O) groups excluding carboxylic acids is 1. The van der Waals surface area contributed by atoms with Crippen LogP contribution in [0.4, 0.5) is 0 Å². The third-order valence-corrected chi connectivity index (χ3v) is 4.09. The van der Waals surface area contributed by atoms with E-state index in [2.05, 4.69) is 0 Å². The summed E-state index contributed by atoms with van der Waals surface area (Å²) in [5.74, 6) is -1.16. The lowest BCUT2D eigenvalue weighted by Gasteiger charge is -2.12. The number of nitrogens with zero attached hydrogens (tertiary/aromatic N) is 1. The fourth-order valence-electron chi connectivity index (χ4n) is 2.41. The molecule has 0 spiro atoms. The molecule has 0 fully saturated rings. The van der Waals surface area contributed by atoms with Gasteiger partial charge in [0.25, 0.3) is 0 Å². The number of unbranched alkanes of at least 4 members (excludes halogenated alkanes) is 1. The highest BCUT2D eigenvalue weighted by Gasteiger charge is 2.20. The Labute approximate surface area is 144 Å². The summed E-state index contributed by atoms with van der Waals surface area (Å²) in [5.41, 5.74) is 1.41. The van der Waals surface area contributed by atoms with Gasteiger partial charge in [0, 0.05) is 22.8 Å². The van der Waals surface area contributed by atoms with Crippen LogP contribution in [0.5, 0.6) is 0 Å². The van der Waals surface area contributed by atoms with E-state index in [0.29, 0.717) is 28.5 Å². The molecule has 0 aliphatic rings. The Kier molecular flexibility index (Phi) is 5.85. The highest BCUT2D eigenvalue weighted by molar-refractivity contribution is 6.37. The molecule has 0 bridgehead atoms. The molecular weight excluding hydrogens is 337 g/mol. The summed E-state index contributed by atoms with van der Waals surface area (Å²) in [4.78, 5) is 23.8. The molecule has 122 valence electrons. The summed E-state index contributed by atoms with van der Waals surface area (Å²) in [6.45, 7) is 2.64. The smallest absolute Gasteiger partial charge is 0.309 e. The van der Waals surface area contributed by atoms with Crippen LogP contribution in [0.1, 0.15) is 41.5 Å². The first-order valence-corrected chi connectivity index (χ1v) is 8.09. The van der Waals surface area contributed by atoms with Crippen LogP contribution in [0, 0.1) is 0 Å². The Morgan fingerprint density at radius 2 is 1.91 bits per heavy atom. The average molecular weight is 354 g/mol. The van der Waals surface area contributed by atoms with E-state index in [1.54, 1.807) is 28.8 Å². The van der Waals surface area contributed by atoms with Crippen LogP contribution >= 0.6 is 23.2 Å². The lowest BCUT2D eigenvalue weighted by atomic mass is 10.1. The van der Waals surface area contributed by atoms with E-state index in [0.717, 1.165) is 12.8 Å². The number of carboxylic acids is 1. The lowest BCUT2D eigenvalue weighted by molar-refractivity contribution is -0.136. The van der Waals surface area contributed by atoms with Crippen LogP contribution in [0.15, 0.2) is 30.3 Å². The summed E-state index contributed by atoms with van der Waals surface area (Å²) < 4.78 is 1.77. The molecule has 0 radical (unpaired) electrons. The molecule has 1 aromatic carbocycles. The standard InChI is InChI=1S/C17H17Cl2NO3/c1-2-3-8-20-12(10-16(21)22)5-7-15(20)17(23)13-6-4-11(18)9-14(13)19/h4-7,9H,2-3,8,10H2,1H3,(H,21,22). The SMILES string of the molecule is CCCCn1c(CC(=O)O)ccc1C(=O)c1ccc(Cl)cc1Cl. The van der Waals surface area contributed by atoms with Crippen LogP contribution in [-0.4, -0.2) is 21.4 Å². The summed E-state index contributed by atoms with van der Waals surface area (Å²) in [7, 11) is 0. The van der Waals surface area contributed by atoms with Gasteiger partial charge in [-0.2, -0.15) is 0 Å². The number of aromatic nitrogens is 1. The van der Waals surface area contributed by atoms with Gasteiger partial charge < -0.3 is 9.67 Å². The quantitative estimate of drug-likeness (QED) is 0.747. The van der Waals surface area contributed by atoms with Gasteiger partial charge in [-0.25, -0.2) is 0 Å². The van der Waals surface area contributed by atoms with E-state index < -0.39 is 5.97 Å². The average Bonchev–Trinajstić information content (AvgIpc) is 2.86. The predicted molar refractivity (Wildman–Crippen MR) is 90.6 cm³/mol. The van der Waals surface area contributed by atoms with Gasteiger partial charge in [0.1, 0.15) is 0 Å². The Morgan fingerprint density at radius 3 is 2.52 bits per heavy atom. The fraction of sp³-hybridized carbons (Fsp3) is 0.294. The van der Waals surface area contributed by atoms with Crippen molar-refractivity contribution in [2.24, 2.45) is 0 Å². The van der Waals surface area contributed by atoms with Gasteiger partial charge in [-0.15, -0.1) is 0 Å². The monoisotopic (exact) mass is 353 g/mol. The lowest BCUT2D eigenvalue weighted by Crippen LogP contribution is -2.15. The molecule has 4 nitrogen and oxygen atoms in total. The van der Waals surface area contributed by atoms with Gasteiger partial charge in [-0.3, -0.25) is 9.59 Å². The molecule has 1 N–H and O–H groups in total. The molecule has 2 aromatic rings. The number of carbonyl (C=O) groups is 2. The van der Waals surface area contributed by atoms with E-state index in [1.807, 2.05) is 6.92 Å². The molecule has 0 saturated heterocycles. The van der Waals surface area contributed by atoms with Gasteiger partial charge in [0.2, 0.25) is 5.78 Å². The predicted octanol–water partition coefficient (Wildman–Crippen LogP) is 4.45. The van der Waals surface area contributed by atoms with Gasteiger partial charge in [-0.1, -0.05) is 36.5 Å². The topological polar surface area (TPSA) is 59.3 Å². The molecule has 0 unspecified atom stereocenters. The van der Waals surface area contributed by atoms with Crippen LogP contribution in [0.3, 0.4) is 0 Å². The maximum atomic E-state index is 12.8. The minimum Gasteiger partial charge on any atom is -0.481 e. The first-order chi connectivity index (χ1) is 10.9. The second kappa shape index (κ2) is 7.66. The van der Waals surface area contributed by atoms with Crippen molar-refractivity contribution >= 4 is 35.0 Å². The number of benzene rings is 1. The van der Waals surface area contributed by atoms with E-state index in [1.165, 1.54) is 6.07 Å². The Morgan fingerprint density at radius 1 is 1.17 bits per heavy atom. The van der Waals surface area contributed by atoms with E-state index >= 15 is 0 Å². The zero-order valence-corrected chi connectivity index (χ0v) is 14.2. The molecule has 1 aromatic heterocycles. The van der Waals surface area contributed by atoms with Crippen LogP contribution < -0.4 is 0 Å². The summed E-state index contributed by atoms with van der Waals surface area (Å²) >= 11 is 12.0. The molecule has 6 heteroatoms. The van der Waals surface area contributed by atoms with Gasteiger partial charge >= 0.3 is 5.97 Å². The number of halogens is 2. The maximum absolute atomic E-state index is 12.8. The molecule has 0 amide bonds. The molecule has 0 saturated carbocycles. The normalized spacial score (nSPS) is 10.7. The molecule has 0 aliphatic heterocycles. The Hall–Kier alpha value is -1.78. The number of aliphatic carboxylic acids is 1. The maximum Gasteiger partial charge on any atom is 0.309 e. The first kappa shape index (κ1) is 17.6. The van der Waals surface area contributed by atoms with E-state index in [4.69, 9.17) is 28.3 Å². The van der Waals surface area contributed by atoms with Crippen LogP contribution in [0.2, 0.25) is 10.0 Å². The van der Waals surface area contributed by atoms with Crippen molar-refractivity contribution < 1.29 is 14.7 Å². The number of carboxylic acid groups (broad SMARTS) is 1. The molecule has 2 rings (SSSR count). The molecule has 0 aliphatic carbocycles. The van der Waals surface area contributed by atoms with Crippen molar-refractivity contribution in [3.63, 3.8) is 0 Å². The minimum absolute atomic E-state index is 0.120. The van der Waals surface area contributed by atoms with Crippen molar-refractivity contribution in [1.82, 2.24) is 4.57 Å². The van der Waals surface area contributed by atoms with Crippen molar-refractivity contribution in [3.8, 4) is 0 Å². The highest BCUT2D eigenvalue weighted by atomic mass is 35.5. The highest BCUT2D eigenvalue weighted by Crippen LogP contribution is 2.25. The second-order valence-electron chi connectivity index (χ2n) is 5.24. The number of rotatable bonds is 7. The van der Waals surface area contributed by atoms with Gasteiger partial charge in [-0.05, 0) is 36.8 Å². The number of hydrogen-bond donors (Lipinski definition) is 1. The van der Waals surface area contributed by atoms with Crippen LogP contribution in [0.25, 0.3) is 0 Å². The third-order valence-electron chi connectivity index (χ3n) is 3.55. The summed E-state index contributed by atoms with van der Waals surface area (Å²) in [5, 5.41) is 9.76. The van der Waals surface area contributed by atoms with Crippen molar-refractivity contribution in [2.45, 2.75) is 32.7 Å². The second-order valence-corrected chi connectivity index (χ2v) is 6.08. The van der Waals surface area contributed by atoms with Crippen molar-refractivity contribution in [3.05, 3.63) is 57.3 Å².